The molecule has 1 unspecified atom stereocenters. The lowest BCUT2D eigenvalue weighted by Crippen LogP contribution is -2.30. The standard InChI is InChI=1S/C28H39ClN2O3/c1-5-6-13-24-30-26(29)23(19-32)31(24)18-9-10-20-14-16-22(17-15-20)25(21-11-7-8-12-21)27(33)34-28(2,3)4/h14-17,19,21,25H,5-13,18H2,1-4H3. The van der Waals surface area contributed by atoms with Crippen molar-refractivity contribution in [2.45, 2.75) is 104 Å². The van der Waals surface area contributed by atoms with Crippen LogP contribution >= 0.6 is 11.6 Å². The second-order valence-electron chi connectivity index (χ2n) is 10.5. The van der Waals surface area contributed by atoms with Crippen molar-refractivity contribution in [2.75, 3.05) is 0 Å². The van der Waals surface area contributed by atoms with E-state index in [2.05, 4.69) is 36.2 Å². The van der Waals surface area contributed by atoms with Gasteiger partial charge in [0.2, 0.25) is 0 Å². The van der Waals surface area contributed by atoms with Crippen LogP contribution in [0.3, 0.4) is 0 Å². The van der Waals surface area contributed by atoms with Gasteiger partial charge in [0.05, 0.1) is 5.92 Å². The minimum Gasteiger partial charge on any atom is -0.459 e. The van der Waals surface area contributed by atoms with Gasteiger partial charge < -0.3 is 9.30 Å². The van der Waals surface area contributed by atoms with Crippen LogP contribution in [0.5, 0.6) is 0 Å². The lowest BCUT2D eigenvalue weighted by molar-refractivity contribution is -0.158. The summed E-state index contributed by atoms with van der Waals surface area (Å²) in [4.78, 5) is 29.0. The van der Waals surface area contributed by atoms with Crippen molar-refractivity contribution in [1.29, 1.82) is 0 Å². The molecule has 0 N–H and O–H groups in total. The first-order valence-corrected chi connectivity index (χ1v) is 13.1. The zero-order valence-electron chi connectivity index (χ0n) is 21.1. The first kappa shape index (κ1) is 26.5. The molecule has 1 atom stereocenters. The highest BCUT2D eigenvalue weighted by Gasteiger charge is 2.35. The highest BCUT2D eigenvalue weighted by atomic mass is 35.5. The SMILES string of the molecule is CCCCc1nc(Cl)c(C=O)n1CCCc1ccc(C(C(=O)OC(C)(C)C)C2CCCC2)cc1. The van der Waals surface area contributed by atoms with Gasteiger partial charge in [0.25, 0.3) is 0 Å². The van der Waals surface area contributed by atoms with E-state index < -0.39 is 5.60 Å². The Bertz CT molecular complexity index is 953. The normalized spacial score (nSPS) is 15.4. The summed E-state index contributed by atoms with van der Waals surface area (Å²) in [6.45, 7) is 8.63. The van der Waals surface area contributed by atoms with Gasteiger partial charge in [0.15, 0.2) is 11.4 Å². The Kier molecular flexibility index (Phi) is 9.35. The van der Waals surface area contributed by atoms with E-state index in [9.17, 15) is 9.59 Å². The van der Waals surface area contributed by atoms with Gasteiger partial charge in [0, 0.05) is 13.0 Å². The van der Waals surface area contributed by atoms with Crippen molar-refractivity contribution in [3.8, 4) is 0 Å². The maximum absolute atomic E-state index is 13.1. The summed E-state index contributed by atoms with van der Waals surface area (Å²) in [7, 11) is 0. The second-order valence-corrected chi connectivity index (χ2v) is 10.8. The van der Waals surface area contributed by atoms with Gasteiger partial charge in [-0.1, -0.05) is 62.1 Å². The molecule has 1 aliphatic carbocycles. The molecule has 0 amide bonds. The number of halogens is 1. The molecule has 0 bridgehead atoms. The van der Waals surface area contributed by atoms with Gasteiger partial charge in [-0.25, -0.2) is 4.98 Å². The van der Waals surface area contributed by atoms with Crippen LogP contribution in [0.15, 0.2) is 24.3 Å². The third kappa shape index (κ3) is 6.94. The minimum absolute atomic E-state index is 0.106. The van der Waals surface area contributed by atoms with Crippen molar-refractivity contribution in [1.82, 2.24) is 9.55 Å². The van der Waals surface area contributed by atoms with Gasteiger partial charge in [-0.3, -0.25) is 9.59 Å². The molecule has 1 aliphatic rings. The summed E-state index contributed by atoms with van der Waals surface area (Å²) in [6, 6.07) is 8.45. The topological polar surface area (TPSA) is 61.2 Å². The summed E-state index contributed by atoms with van der Waals surface area (Å²) in [5, 5.41) is 0.297. The van der Waals surface area contributed by atoms with Crippen LogP contribution in [0.25, 0.3) is 0 Å². The molecule has 6 heteroatoms. The van der Waals surface area contributed by atoms with Gasteiger partial charge in [-0.15, -0.1) is 0 Å². The fraction of sp³-hybridized carbons (Fsp3) is 0.607. The van der Waals surface area contributed by atoms with E-state index >= 15 is 0 Å². The average molecular weight is 487 g/mol. The predicted octanol–water partition coefficient (Wildman–Crippen LogP) is 6.94. The van der Waals surface area contributed by atoms with Crippen molar-refractivity contribution in [2.24, 2.45) is 5.92 Å². The van der Waals surface area contributed by atoms with Crippen molar-refractivity contribution in [3.63, 3.8) is 0 Å². The van der Waals surface area contributed by atoms with Crippen LogP contribution in [0.4, 0.5) is 0 Å². The Morgan fingerprint density at radius 2 is 1.85 bits per heavy atom. The van der Waals surface area contributed by atoms with E-state index in [1.54, 1.807) is 0 Å². The highest BCUT2D eigenvalue weighted by molar-refractivity contribution is 6.31. The van der Waals surface area contributed by atoms with Crippen LogP contribution in [0, 0.1) is 5.92 Å². The number of hydrogen-bond acceptors (Lipinski definition) is 4. The fourth-order valence-corrected chi connectivity index (χ4v) is 5.20. The molecule has 5 nitrogen and oxygen atoms in total. The molecule has 1 saturated carbocycles. The monoisotopic (exact) mass is 486 g/mol. The molecule has 0 aliphatic heterocycles. The molecule has 2 aromatic rings. The Morgan fingerprint density at radius 1 is 1.18 bits per heavy atom. The van der Waals surface area contributed by atoms with Gasteiger partial charge in [0.1, 0.15) is 17.1 Å². The number of aldehydes is 1. The first-order valence-electron chi connectivity index (χ1n) is 12.7. The quantitative estimate of drug-likeness (QED) is 0.255. The molecule has 1 heterocycles. The number of aromatic nitrogens is 2. The Labute approximate surface area is 209 Å². The summed E-state index contributed by atoms with van der Waals surface area (Å²) >= 11 is 6.19. The largest absolute Gasteiger partial charge is 0.459 e. The Balaban J connectivity index is 1.67. The van der Waals surface area contributed by atoms with E-state index in [4.69, 9.17) is 16.3 Å². The smallest absolute Gasteiger partial charge is 0.314 e. The number of rotatable bonds is 11. The second kappa shape index (κ2) is 12.0. The third-order valence-electron chi connectivity index (χ3n) is 6.62. The molecule has 34 heavy (non-hydrogen) atoms. The van der Waals surface area contributed by atoms with Crippen molar-refractivity contribution < 1.29 is 14.3 Å². The number of unbranched alkanes of at least 4 members (excludes halogenated alkanes) is 1. The van der Waals surface area contributed by atoms with Crippen LogP contribution < -0.4 is 0 Å². The lowest BCUT2D eigenvalue weighted by atomic mass is 9.84. The van der Waals surface area contributed by atoms with Crippen LogP contribution in [-0.2, 0) is 28.9 Å². The fourth-order valence-electron chi connectivity index (χ4n) is 4.96. The first-order chi connectivity index (χ1) is 16.2. The zero-order valence-corrected chi connectivity index (χ0v) is 21.9. The minimum atomic E-state index is -0.486. The number of carbonyl (C=O) groups is 2. The molecular weight excluding hydrogens is 448 g/mol. The molecule has 0 saturated heterocycles. The van der Waals surface area contributed by atoms with Crippen molar-refractivity contribution >= 4 is 23.9 Å². The number of carbonyl (C=O) groups excluding carboxylic acids is 2. The molecular formula is C28H39ClN2O3. The molecule has 1 aromatic heterocycles. The van der Waals surface area contributed by atoms with Crippen LogP contribution in [-0.4, -0.2) is 27.4 Å². The zero-order chi connectivity index (χ0) is 24.7. The summed E-state index contributed by atoms with van der Waals surface area (Å²) in [5.41, 5.74) is 2.25. The number of hydrogen-bond donors (Lipinski definition) is 0. The summed E-state index contributed by atoms with van der Waals surface area (Å²) in [6.07, 6.45) is 10.0. The third-order valence-corrected chi connectivity index (χ3v) is 6.90. The van der Waals surface area contributed by atoms with Gasteiger partial charge in [-0.2, -0.15) is 0 Å². The number of ether oxygens (including phenoxy) is 1. The average Bonchev–Trinajstić information content (AvgIpc) is 3.40. The number of imidazole rings is 1. The summed E-state index contributed by atoms with van der Waals surface area (Å²) < 4.78 is 7.76. The maximum Gasteiger partial charge on any atom is 0.314 e. The Hall–Kier alpha value is -2.14. The van der Waals surface area contributed by atoms with Gasteiger partial charge >= 0.3 is 5.97 Å². The molecule has 3 rings (SSSR count). The molecule has 0 spiro atoms. The lowest BCUT2D eigenvalue weighted by Gasteiger charge is -2.27. The molecule has 1 aromatic carbocycles. The molecule has 186 valence electrons. The highest BCUT2D eigenvalue weighted by Crippen LogP contribution is 2.39. The number of benzene rings is 1. The van der Waals surface area contributed by atoms with E-state index in [0.717, 1.165) is 62.6 Å². The number of esters is 1. The molecule has 1 fully saturated rings. The molecule has 0 radical (unpaired) electrons. The van der Waals surface area contributed by atoms with E-state index in [-0.39, 0.29) is 11.9 Å². The maximum atomic E-state index is 13.1. The number of nitrogens with zero attached hydrogens (tertiary/aromatic N) is 2. The number of aryl methyl sites for hydroxylation is 2. The van der Waals surface area contributed by atoms with Crippen molar-refractivity contribution in [3.05, 3.63) is 52.1 Å². The van der Waals surface area contributed by atoms with E-state index in [1.165, 1.54) is 18.4 Å². The van der Waals surface area contributed by atoms with Crippen LogP contribution in [0.2, 0.25) is 5.15 Å². The van der Waals surface area contributed by atoms with E-state index in [1.807, 2.05) is 25.3 Å². The Morgan fingerprint density at radius 3 is 2.44 bits per heavy atom. The van der Waals surface area contributed by atoms with Gasteiger partial charge in [-0.05, 0) is 69.9 Å². The van der Waals surface area contributed by atoms with Crippen LogP contribution in [0.1, 0.15) is 106 Å². The summed E-state index contributed by atoms with van der Waals surface area (Å²) in [5.74, 6) is 0.946. The predicted molar refractivity (Wildman–Crippen MR) is 137 cm³/mol. The van der Waals surface area contributed by atoms with E-state index in [0.29, 0.717) is 23.3 Å².